The molecule has 4 heteroatoms. The zero-order valence-electron chi connectivity index (χ0n) is 9.66. The Morgan fingerprint density at radius 3 is 2.80 bits per heavy atom. The minimum absolute atomic E-state index is 0.199. The molecular weight excluding hydrogens is 208 g/mol. The Morgan fingerprint density at radius 1 is 1.53 bits per heavy atom. The molecule has 3 nitrogen and oxygen atoms in total. The predicted molar refractivity (Wildman–Crippen MR) is 64.0 cm³/mol. The van der Waals surface area contributed by atoms with Crippen LogP contribution >= 0.6 is 11.3 Å². The Labute approximate surface area is 95.6 Å². The lowest BCUT2D eigenvalue weighted by Gasteiger charge is -2.13. The van der Waals surface area contributed by atoms with Gasteiger partial charge >= 0.3 is 0 Å². The van der Waals surface area contributed by atoms with E-state index >= 15 is 0 Å². The van der Waals surface area contributed by atoms with E-state index < -0.39 is 0 Å². The maximum Gasteiger partial charge on any atom is 0.107 e. The summed E-state index contributed by atoms with van der Waals surface area (Å²) in [5.41, 5.74) is 1.08. The Morgan fingerprint density at radius 2 is 2.27 bits per heavy atom. The van der Waals surface area contributed by atoms with E-state index in [1.54, 1.807) is 11.3 Å². The minimum Gasteiger partial charge on any atom is -0.393 e. The summed E-state index contributed by atoms with van der Waals surface area (Å²) in [6, 6.07) is 0. The second kappa shape index (κ2) is 6.20. The Bertz CT molecular complexity index is 286. The van der Waals surface area contributed by atoms with E-state index in [1.807, 2.05) is 20.8 Å². The average Bonchev–Trinajstić information content (AvgIpc) is 2.58. The van der Waals surface area contributed by atoms with Gasteiger partial charge in [0.25, 0.3) is 0 Å². The van der Waals surface area contributed by atoms with Crippen LogP contribution in [0.2, 0.25) is 0 Å². The standard InChI is InChI=1S/C11H20N2OS/c1-8(2)10(14)4-5-12-6-11-13-9(3)7-15-11/h7-8,10,12,14H,4-6H2,1-3H3. The van der Waals surface area contributed by atoms with Gasteiger partial charge in [0.15, 0.2) is 0 Å². The minimum atomic E-state index is -0.199. The SMILES string of the molecule is Cc1csc(CNCCC(O)C(C)C)n1. The normalized spacial score (nSPS) is 13.4. The summed E-state index contributed by atoms with van der Waals surface area (Å²) in [4.78, 5) is 4.36. The maximum atomic E-state index is 9.57. The van der Waals surface area contributed by atoms with Crippen LogP contribution in [0.3, 0.4) is 0 Å². The first-order valence-electron chi connectivity index (χ1n) is 5.39. The van der Waals surface area contributed by atoms with Crippen molar-refractivity contribution in [3.8, 4) is 0 Å². The van der Waals surface area contributed by atoms with Crippen LogP contribution in [0.25, 0.3) is 0 Å². The Balaban J connectivity index is 2.12. The molecule has 86 valence electrons. The molecule has 0 amide bonds. The first-order valence-corrected chi connectivity index (χ1v) is 6.27. The molecule has 1 aromatic rings. The largest absolute Gasteiger partial charge is 0.393 e. The highest BCUT2D eigenvalue weighted by Gasteiger charge is 2.07. The van der Waals surface area contributed by atoms with Gasteiger partial charge < -0.3 is 10.4 Å². The molecule has 0 bridgehead atoms. The number of hydrogen-bond donors (Lipinski definition) is 2. The first-order chi connectivity index (χ1) is 7.09. The molecule has 1 rings (SSSR count). The Kier molecular flexibility index (Phi) is 5.22. The summed E-state index contributed by atoms with van der Waals surface area (Å²) in [6.07, 6.45) is 0.609. The van der Waals surface area contributed by atoms with Crippen LogP contribution in [0.15, 0.2) is 5.38 Å². The zero-order chi connectivity index (χ0) is 11.3. The number of hydrogen-bond acceptors (Lipinski definition) is 4. The lowest BCUT2D eigenvalue weighted by molar-refractivity contribution is 0.116. The number of aliphatic hydroxyl groups excluding tert-OH is 1. The van der Waals surface area contributed by atoms with Gasteiger partial charge in [-0.2, -0.15) is 0 Å². The van der Waals surface area contributed by atoms with Crippen molar-refractivity contribution in [2.24, 2.45) is 5.92 Å². The van der Waals surface area contributed by atoms with Crippen molar-refractivity contribution in [3.05, 3.63) is 16.1 Å². The van der Waals surface area contributed by atoms with E-state index in [4.69, 9.17) is 0 Å². The molecule has 0 spiro atoms. The van der Waals surface area contributed by atoms with E-state index in [9.17, 15) is 5.11 Å². The number of nitrogens with one attached hydrogen (secondary N) is 1. The topological polar surface area (TPSA) is 45.1 Å². The van der Waals surface area contributed by atoms with Gasteiger partial charge in [0.2, 0.25) is 0 Å². The molecule has 1 heterocycles. The molecule has 0 aliphatic rings. The fraction of sp³-hybridized carbons (Fsp3) is 0.727. The number of aliphatic hydroxyl groups is 1. The van der Waals surface area contributed by atoms with Crippen LogP contribution < -0.4 is 5.32 Å². The van der Waals surface area contributed by atoms with Crippen LogP contribution in [-0.4, -0.2) is 22.7 Å². The van der Waals surface area contributed by atoms with E-state index in [-0.39, 0.29) is 6.10 Å². The Hall–Kier alpha value is -0.450. The summed E-state index contributed by atoms with van der Waals surface area (Å²) < 4.78 is 0. The fourth-order valence-corrected chi connectivity index (χ4v) is 2.00. The van der Waals surface area contributed by atoms with Gasteiger partial charge in [-0.25, -0.2) is 4.98 Å². The molecule has 2 N–H and O–H groups in total. The molecule has 0 radical (unpaired) electrons. The van der Waals surface area contributed by atoms with Crippen molar-refractivity contribution in [1.29, 1.82) is 0 Å². The number of nitrogens with zero attached hydrogens (tertiary/aromatic N) is 1. The van der Waals surface area contributed by atoms with Gasteiger partial charge in [0.05, 0.1) is 6.10 Å². The quantitative estimate of drug-likeness (QED) is 0.732. The number of rotatable bonds is 6. The van der Waals surface area contributed by atoms with Crippen molar-refractivity contribution >= 4 is 11.3 Å². The van der Waals surface area contributed by atoms with Crippen molar-refractivity contribution in [2.45, 2.75) is 39.8 Å². The lowest BCUT2D eigenvalue weighted by atomic mass is 10.0. The van der Waals surface area contributed by atoms with Gasteiger partial charge in [-0.1, -0.05) is 13.8 Å². The molecule has 15 heavy (non-hydrogen) atoms. The van der Waals surface area contributed by atoms with Crippen LogP contribution in [0, 0.1) is 12.8 Å². The van der Waals surface area contributed by atoms with Gasteiger partial charge in [-0.05, 0) is 25.8 Å². The molecular formula is C11H20N2OS. The third-order valence-electron chi connectivity index (χ3n) is 2.33. The third kappa shape index (κ3) is 4.73. The summed E-state index contributed by atoms with van der Waals surface area (Å²) in [7, 11) is 0. The smallest absolute Gasteiger partial charge is 0.107 e. The highest BCUT2D eigenvalue weighted by Crippen LogP contribution is 2.08. The number of aryl methyl sites for hydroxylation is 1. The highest BCUT2D eigenvalue weighted by atomic mass is 32.1. The van der Waals surface area contributed by atoms with Gasteiger partial charge in [-0.3, -0.25) is 0 Å². The van der Waals surface area contributed by atoms with Crippen molar-refractivity contribution in [1.82, 2.24) is 10.3 Å². The second-order valence-electron chi connectivity index (χ2n) is 4.16. The number of aromatic nitrogens is 1. The lowest BCUT2D eigenvalue weighted by Crippen LogP contribution is -2.23. The second-order valence-corrected chi connectivity index (χ2v) is 5.10. The summed E-state index contributed by atoms with van der Waals surface area (Å²) >= 11 is 1.68. The summed E-state index contributed by atoms with van der Waals surface area (Å²) in [5.74, 6) is 0.342. The fourth-order valence-electron chi connectivity index (χ4n) is 1.26. The van der Waals surface area contributed by atoms with Crippen LogP contribution in [0.5, 0.6) is 0 Å². The molecule has 0 fully saturated rings. The van der Waals surface area contributed by atoms with Gasteiger partial charge in [-0.15, -0.1) is 11.3 Å². The molecule has 0 aliphatic heterocycles. The molecule has 1 unspecified atom stereocenters. The predicted octanol–water partition coefficient (Wildman–Crippen LogP) is 1.95. The molecule has 0 aliphatic carbocycles. The summed E-state index contributed by atoms with van der Waals surface area (Å²) in [5, 5.41) is 16.0. The van der Waals surface area contributed by atoms with Gasteiger partial charge in [0.1, 0.15) is 5.01 Å². The monoisotopic (exact) mass is 228 g/mol. The van der Waals surface area contributed by atoms with E-state index in [1.165, 1.54) is 0 Å². The van der Waals surface area contributed by atoms with Crippen molar-refractivity contribution in [2.75, 3.05) is 6.54 Å². The molecule has 0 saturated carbocycles. The average molecular weight is 228 g/mol. The van der Waals surface area contributed by atoms with E-state index in [0.29, 0.717) is 5.92 Å². The highest BCUT2D eigenvalue weighted by molar-refractivity contribution is 7.09. The zero-order valence-corrected chi connectivity index (χ0v) is 10.5. The van der Waals surface area contributed by atoms with E-state index in [2.05, 4.69) is 15.7 Å². The summed E-state index contributed by atoms with van der Waals surface area (Å²) in [6.45, 7) is 7.73. The number of thiazole rings is 1. The molecule has 1 atom stereocenters. The van der Waals surface area contributed by atoms with E-state index in [0.717, 1.165) is 30.2 Å². The molecule has 0 saturated heterocycles. The van der Waals surface area contributed by atoms with Crippen LogP contribution in [0.4, 0.5) is 0 Å². The maximum absolute atomic E-state index is 9.57. The van der Waals surface area contributed by atoms with Crippen molar-refractivity contribution < 1.29 is 5.11 Å². The molecule has 1 aromatic heterocycles. The first kappa shape index (κ1) is 12.6. The third-order valence-corrected chi connectivity index (χ3v) is 3.30. The van der Waals surface area contributed by atoms with Gasteiger partial charge in [0, 0.05) is 17.6 Å². The van der Waals surface area contributed by atoms with Crippen molar-refractivity contribution in [3.63, 3.8) is 0 Å². The van der Waals surface area contributed by atoms with Crippen LogP contribution in [-0.2, 0) is 6.54 Å². The molecule has 0 aromatic carbocycles. The van der Waals surface area contributed by atoms with Crippen LogP contribution in [0.1, 0.15) is 31.0 Å².